The van der Waals surface area contributed by atoms with Crippen molar-refractivity contribution in [3.8, 4) is 11.5 Å². The lowest BCUT2D eigenvalue weighted by Gasteiger charge is -2.34. The van der Waals surface area contributed by atoms with Gasteiger partial charge in [0.2, 0.25) is 12.7 Å². The van der Waals surface area contributed by atoms with E-state index in [-0.39, 0.29) is 0 Å². The second-order valence-corrected chi connectivity index (χ2v) is 5.46. The summed E-state index contributed by atoms with van der Waals surface area (Å²) in [5, 5.41) is 0. The van der Waals surface area contributed by atoms with Gasteiger partial charge in [0, 0.05) is 50.7 Å². The molecule has 1 fully saturated rings. The summed E-state index contributed by atoms with van der Waals surface area (Å²) in [7, 11) is 0. The van der Waals surface area contributed by atoms with Crippen LogP contribution in [-0.2, 0) is 6.54 Å². The molecule has 2 aliphatic rings. The summed E-state index contributed by atoms with van der Waals surface area (Å²) in [6.45, 7) is 5.07. The highest BCUT2D eigenvalue weighted by atomic mass is 16.7. The average Bonchev–Trinajstić information content (AvgIpc) is 3.06. The van der Waals surface area contributed by atoms with Crippen LogP contribution in [0.2, 0.25) is 0 Å². The van der Waals surface area contributed by atoms with E-state index in [9.17, 15) is 0 Å². The molecule has 1 aromatic carbocycles. The number of aromatic nitrogens is 2. The van der Waals surface area contributed by atoms with E-state index in [1.807, 2.05) is 18.2 Å². The van der Waals surface area contributed by atoms with Crippen LogP contribution >= 0.6 is 0 Å². The number of hydrogen-bond donors (Lipinski definition) is 0. The van der Waals surface area contributed by atoms with Gasteiger partial charge in [0.1, 0.15) is 0 Å². The Morgan fingerprint density at radius 2 is 1.77 bits per heavy atom. The lowest BCUT2D eigenvalue weighted by molar-refractivity contribution is 0.171. The Labute approximate surface area is 129 Å². The van der Waals surface area contributed by atoms with E-state index in [0.29, 0.717) is 6.79 Å². The molecular formula is C16H18N4O2. The minimum atomic E-state index is 0.325. The van der Waals surface area contributed by atoms with Gasteiger partial charge >= 0.3 is 0 Å². The molecule has 22 heavy (non-hydrogen) atoms. The third-order valence-corrected chi connectivity index (χ3v) is 4.08. The molecule has 1 saturated heterocycles. The second kappa shape index (κ2) is 5.81. The zero-order chi connectivity index (χ0) is 14.8. The molecule has 114 valence electrons. The number of anilines is 1. The van der Waals surface area contributed by atoms with E-state index in [1.54, 1.807) is 12.4 Å². The summed E-state index contributed by atoms with van der Waals surface area (Å²) < 4.78 is 11.0. The van der Waals surface area contributed by atoms with E-state index in [2.05, 4.69) is 25.8 Å². The smallest absolute Gasteiger partial charge is 0.231 e. The summed E-state index contributed by atoms with van der Waals surface area (Å²) in [6.07, 6.45) is 3.58. The molecule has 0 amide bonds. The predicted molar refractivity (Wildman–Crippen MR) is 82.1 cm³/mol. The van der Waals surface area contributed by atoms with Crippen molar-refractivity contribution >= 4 is 5.95 Å². The van der Waals surface area contributed by atoms with Gasteiger partial charge in [-0.2, -0.15) is 0 Å². The van der Waals surface area contributed by atoms with Gasteiger partial charge in [0.15, 0.2) is 11.5 Å². The Bertz CT molecular complexity index is 642. The first-order valence-electron chi connectivity index (χ1n) is 7.52. The highest BCUT2D eigenvalue weighted by Crippen LogP contribution is 2.36. The van der Waals surface area contributed by atoms with Crippen molar-refractivity contribution in [1.29, 1.82) is 0 Å². The maximum Gasteiger partial charge on any atom is 0.231 e. The van der Waals surface area contributed by atoms with Gasteiger partial charge in [0.25, 0.3) is 0 Å². The van der Waals surface area contributed by atoms with Gasteiger partial charge in [-0.05, 0) is 12.1 Å². The molecule has 0 N–H and O–H groups in total. The maximum absolute atomic E-state index is 5.58. The number of rotatable bonds is 3. The van der Waals surface area contributed by atoms with Crippen LogP contribution in [0.3, 0.4) is 0 Å². The number of benzene rings is 1. The van der Waals surface area contributed by atoms with Crippen LogP contribution in [0.1, 0.15) is 5.56 Å². The van der Waals surface area contributed by atoms with Gasteiger partial charge in [0.05, 0.1) is 0 Å². The summed E-state index contributed by atoms with van der Waals surface area (Å²) in [5.74, 6) is 2.57. The van der Waals surface area contributed by atoms with Crippen molar-refractivity contribution in [2.75, 3.05) is 37.9 Å². The second-order valence-electron chi connectivity index (χ2n) is 5.46. The number of hydrogen-bond acceptors (Lipinski definition) is 6. The standard InChI is InChI=1S/C16H18N4O2/c1-3-13(15-14(4-1)21-12-22-15)11-19-7-9-20(10-8-19)16-17-5-2-6-18-16/h1-6H,7-12H2. The topological polar surface area (TPSA) is 50.7 Å². The molecule has 0 spiro atoms. The molecule has 0 bridgehead atoms. The molecule has 0 unspecified atom stereocenters. The first kappa shape index (κ1) is 13.3. The van der Waals surface area contributed by atoms with Gasteiger partial charge in [-0.15, -0.1) is 0 Å². The highest BCUT2D eigenvalue weighted by Gasteiger charge is 2.22. The molecule has 6 nitrogen and oxygen atoms in total. The number of ether oxygens (including phenoxy) is 2. The van der Waals surface area contributed by atoms with Crippen LogP contribution in [0.25, 0.3) is 0 Å². The van der Waals surface area contributed by atoms with Crippen molar-refractivity contribution in [3.63, 3.8) is 0 Å². The van der Waals surface area contributed by atoms with Gasteiger partial charge in [-0.1, -0.05) is 12.1 Å². The molecule has 6 heteroatoms. The Morgan fingerprint density at radius 3 is 2.59 bits per heavy atom. The van der Waals surface area contributed by atoms with Crippen molar-refractivity contribution < 1.29 is 9.47 Å². The monoisotopic (exact) mass is 298 g/mol. The van der Waals surface area contributed by atoms with Crippen molar-refractivity contribution in [2.45, 2.75) is 6.54 Å². The largest absolute Gasteiger partial charge is 0.454 e. The van der Waals surface area contributed by atoms with E-state index in [4.69, 9.17) is 9.47 Å². The Balaban J connectivity index is 1.40. The molecule has 2 aliphatic heterocycles. The number of para-hydroxylation sites is 1. The molecule has 0 radical (unpaired) electrons. The minimum Gasteiger partial charge on any atom is -0.454 e. The fourth-order valence-electron chi connectivity index (χ4n) is 2.92. The fraction of sp³-hybridized carbons (Fsp3) is 0.375. The molecule has 3 heterocycles. The molecule has 0 atom stereocenters. The van der Waals surface area contributed by atoms with Crippen LogP contribution in [-0.4, -0.2) is 47.8 Å². The van der Waals surface area contributed by atoms with Crippen LogP contribution in [0.15, 0.2) is 36.7 Å². The lowest BCUT2D eigenvalue weighted by atomic mass is 10.1. The molecular weight excluding hydrogens is 280 g/mol. The van der Waals surface area contributed by atoms with Gasteiger partial charge in [-0.25, -0.2) is 9.97 Å². The van der Waals surface area contributed by atoms with Crippen LogP contribution < -0.4 is 14.4 Å². The Morgan fingerprint density at radius 1 is 0.955 bits per heavy atom. The van der Waals surface area contributed by atoms with E-state index < -0.39 is 0 Å². The lowest BCUT2D eigenvalue weighted by Crippen LogP contribution is -2.46. The van der Waals surface area contributed by atoms with Crippen LogP contribution in [0, 0.1) is 0 Å². The number of nitrogens with zero attached hydrogens (tertiary/aromatic N) is 4. The number of fused-ring (bicyclic) bond motifs is 1. The highest BCUT2D eigenvalue weighted by molar-refractivity contribution is 5.48. The van der Waals surface area contributed by atoms with Crippen molar-refractivity contribution in [2.24, 2.45) is 0 Å². The summed E-state index contributed by atoms with van der Waals surface area (Å²) in [4.78, 5) is 13.3. The molecule has 0 aliphatic carbocycles. The van der Waals surface area contributed by atoms with Gasteiger partial charge in [-0.3, -0.25) is 4.90 Å². The molecule has 4 rings (SSSR count). The SMILES string of the molecule is c1cnc(N2CCN(Cc3cccc4c3OCO4)CC2)nc1. The maximum atomic E-state index is 5.58. The average molecular weight is 298 g/mol. The van der Waals surface area contributed by atoms with Gasteiger partial charge < -0.3 is 14.4 Å². The van der Waals surface area contributed by atoms with Crippen LogP contribution in [0.5, 0.6) is 11.5 Å². The number of piperazine rings is 1. The third kappa shape index (κ3) is 2.57. The molecule has 0 saturated carbocycles. The minimum absolute atomic E-state index is 0.325. The third-order valence-electron chi connectivity index (χ3n) is 4.08. The van der Waals surface area contributed by atoms with E-state index in [1.165, 1.54) is 5.56 Å². The predicted octanol–water partition coefficient (Wildman–Crippen LogP) is 1.53. The normalized spacial score (nSPS) is 17.7. The summed E-state index contributed by atoms with van der Waals surface area (Å²) >= 11 is 0. The molecule has 1 aromatic heterocycles. The Kier molecular flexibility index (Phi) is 3.52. The zero-order valence-electron chi connectivity index (χ0n) is 12.3. The summed E-state index contributed by atoms with van der Waals surface area (Å²) in [5.41, 5.74) is 1.19. The quantitative estimate of drug-likeness (QED) is 0.856. The fourth-order valence-corrected chi connectivity index (χ4v) is 2.92. The Hall–Kier alpha value is -2.34. The zero-order valence-corrected chi connectivity index (χ0v) is 12.3. The molecule has 2 aromatic rings. The van der Waals surface area contributed by atoms with Crippen molar-refractivity contribution in [1.82, 2.24) is 14.9 Å². The van der Waals surface area contributed by atoms with Crippen LogP contribution in [0.4, 0.5) is 5.95 Å². The first-order valence-corrected chi connectivity index (χ1v) is 7.52. The van der Waals surface area contributed by atoms with Crippen molar-refractivity contribution in [3.05, 3.63) is 42.2 Å². The first-order chi connectivity index (χ1) is 10.9. The summed E-state index contributed by atoms with van der Waals surface area (Å²) in [6, 6.07) is 7.94. The van der Waals surface area contributed by atoms with E-state index >= 15 is 0 Å². The van der Waals surface area contributed by atoms with E-state index in [0.717, 1.165) is 50.2 Å².